The minimum absolute atomic E-state index is 0.0644. The normalized spacial score (nSPS) is 17.4. The first-order chi connectivity index (χ1) is 8.74. The van der Waals surface area contributed by atoms with Gasteiger partial charge in [0.05, 0.1) is 17.1 Å². The highest BCUT2D eigenvalue weighted by molar-refractivity contribution is 5.80. The Balaban J connectivity index is 1.74. The van der Waals surface area contributed by atoms with Crippen molar-refractivity contribution in [3.63, 3.8) is 0 Å². The maximum absolute atomic E-state index is 11.9. The van der Waals surface area contributed by atoms with Crippen LogP contribution in [0.4, 0.5) is 0 Å². The molecule has 1 heterocycles. The summed E-state index contributed by atoms with van der Waals surface area (Å²) in [5.74, 6) is 1.20. The van der Waals surface area contributed by atoms with E-state index in [0.717, 1.165) is 29.7 Å². The van der Waals surface area contributed by atoms with Crippen LogP contribution in [0.5, 0.6) is 0 Å². The first-order valence-corrected chi connectivity index (χ1v) is 6.49. The Bertz CT molecular complexity index is 538. The molecule has 0 saturated heterocycles. The van der Waals surface area contributed by atoms with Crippen molar-refractivity contribution in [2.45, 2.75) is 32.2 Å². The van der Waals surface area contributed by atoms with E-state index in [4.69, 9.17) is 0 Å². The molecule has 1 aliphatic carbocycles. The molecule has 1 amide bonds. The number of hydrogen-bond acceptors (Lipinski definition) is 2. The molecular formula is C14H17N3O. The average Bonchev–Trinajstić information content (AvgIpc) is 2.69. The monoisotopic (exact) mass is 243 g/mol. The Morgan fingerprint density at radius 2 is 2.22 bits per heavy atom. The van der Waals surface area contributed by atoms with E-state index in [1.807, 2.05) is 31.2 Å². The van der Waals surface area contributed by atoms with Crippen LogP contribution in [-0.2, 0) is 4.79 Å². The SMILES string of the molecule is CC(NC(=O)C1CCC1)c1nc2ccccc2[nH]1. The topological polar surface area (TPSA) is 57.8 Å². The lowest BCUT2D eigenvalue weighted by Gasteiger charge is -2.25. The van der Waals surface area contributed by atoms with Crippen molar-refractivity contribution in [3.05, 3.63) is 30.1 Å². The number of aromatic amines is 1. The van der Waals surface area contributed by atoms with Crippen LogP contribution in [0, 0.1) is 5.92 Å². The van der Waals surface area contributed by atoms with Crippen LogP contribution in [0.25, 0.3) is 11.0 Å². The summed E-state index contributed by atoms with van der Waals surface area (Å²) < 4.78 is 0. The first kappa shape index (κ1) is 11.3. The van der Waals surface area contributed by atoms with Crippen LogP contribution in [0.3, 0.4) is 0 Å². The van der Waals surface area contributed by atoms with E-state index < -0.39 is 0 Å². The molecule has 1 fully saturated rings. The quantitative estimate of drug-likeness (QED) is 0.870. The molecular weight excluding hydrogens is 226 g/mol. The van der Waals surface area contributed by atoms with E-state index >= 15 is 0 Å². The molecule has 1 aromatic heterocycles. The second-order valence-electron chi connectivity index (χ2n) is 5.00. The van der Waals surface area contributed by atoms with Gasteiger partial charge in [0, 0.05) is 5.92 Å². The summed E-state index contributed by atoms with van der Waals surface area (Å²) in [6, 6.07) is 7.83. The van der Waals surface area contributed by atoms with Crippen molar-refractivity contribution >= 4 is 16.9 Å². The molecule has 1 aliphatic rings. The van der Waals surface area contributed by atoms with Crippen molar-refractivity contribution in [3.8, 4) is 0 Å². The van der Waals surface area contributed by atoms with Gasteiger partial charge < -0.3 is 10.3 Å². The number of fused-ring (bicyclic) bond motifs is 1. The highest BCUT2D eigenvalue weighted by Crippen LogP contribution is 2.27. The summed E-state index contributed by atoms with van der Waals surface area (Å²) in [6.45, 7) is 1.97. The molecule has 1 saturated carbocycles. The molecule has 1 aromatic carbocycles. The summed E-state index contributed by atoms with van der Waals surface area (Å²) >= 11 is 0. The molecule has 18 heavy (non-hydrogen) atoms. The molecule has 4 nitrogen and oxygen atoms in total. The first-order valence-electron chi connectivity index (χ1n) is 6.49. The zero-order valence-electron chi connectivity index (χ0n) is 10.4. The minimum atomic E-state index is -0.0644. The highest BCUT2D eigenvalue weighted by Gasteiger charge is 2.26. The van der Waals surface area contributed by atoms with Crippen LogP contribution in [0.2, 0.25) is 0 Å². The molecule has 94 valence electrons. The van der Waals surface area contributed by atoms with Crippen molar-refractivity contribution in [2.75, 3.05) is 0 Å². The molecule has 2 aromatic rings. The van der Waals surface area contributed by atoms with Crippen molar-refractivity contribution < 1.29 is 4.79 Å². The highest BCUT2D eigenvalue weighted by atomic mass is 16.2. The second-order valence-corrected chi connectivity index (χ2v) is 5.00. The predicted molar refractivity (Wildman–Crippen MR) is 70.0 cm³/mol. The second kappa shape index (κ2) is 4.44. The van der Waals surface area contributed by atoms with Gasteiger partial charge in [-0.05, 0) is 31.9 Å². The molecule has 0 bridgehead atoms. The number of H-pyrrole nitrogens is 1. The number of rotatable bonds is 3. The Morgan fingerprint density at radius 3 is 2.89 bits per heavy atom. The zero-order chi connectivity index (χ0) is 12.5. The van der Waals surface area contributed by atoms with E-state index in [2.05, 4.69) is 15.3 Å². The standard InChI is InChI=1S/C14H17N3O/c1-9(15-14(18)10-5-4-6-10)13-16-11-7-2-3-8-12(11)17-13/h2-3,7-10H,4-6H2,1H3,(H,15,18)(H,16,17). The summed E-state index contributed by atoms with van der Waals surface area (Å²) in [6.07, 6.45) is 3.23. The van der Waals surface area contributed by atoms with Crippen LogP contribution in [-0.4, -0.2) is 15.9 Å². The number of nitrogens with zero attached hydrogens (tertiary/aromatic N) is 1. The van der Waals surface area contributed by atoms with Gasteiger partial charge in [-0.1, -0.05) is 18.6 Å². The van der Waals surface area contributed by atoms with Gasteiger partial charge in [-0.25, -0.2) is 4.98 Å². The maximum Gasteiger partial charge on any atom is 0.223 e. The molecule has 0 spiro atoms. The summed E-state index contributed by atoms with van der Waals surface area (Å²) in [4.78, 5) is 19.6. The van der Waals surface area contributed by atoms with E-state index in [1.54, 1.807) is 0 Å². The third-order valence-electron chi connectivity index (χ3n) is 3.65. The Morgan fingerprint density at radius 1 is 1.44 bits per heavy atom. The average molecular weight is 243 g/mol. The number of aromatic nitrogens is 2. The van der Waals surface area contributed by atoms with Gasteiger partial charge in [0.25, 0.3) is 0 Å². The fourth-order valence-corrected chi connectivity index (χ4v) is 2.25. The van der Waals surface area contributed by atoms with E-state index in [9.17, 15) is 4.79 Å². The summed E-state index contributed by atoms with van der Waals surface area (Å²) in [7, 11) is 0. The number of carbonyl (C=O) groups excluding carboxylic acids is 1. The van der Waals surface area contributed by atoms with Crippen molar-refractivity contribution in [1.29, 1.82) is 0 Å². The summed E-state index contributed by atoms with van der Waals surface area (Å²) in [5, 5.41) is 3.03. The lowest BCUT2D eigenvalue weighted by molar-refractivity contribution is -0.128. The third kappa shape index (κ3) is 1.98. The van der Waals surface area contributed by atoms with Crippen molar-refractivity contribution in [2.24, 2.45) is 5.92 Å². The number of amides is 1. The number of carbonyl (C=O) groups is 1. The van der Waals surface area contributed by atoms with Gasteiger partial charge in [0.2, 0.25) is 5.91 Å². The number of hydrogen-bond donors (Lipinski definition) is 2. The molecule has 2 N–H and O–H groups in total. The van der Waals surface area contributed by atoms with Gasteiger partial charge in [0.15, 0.2) is 0 Å². The minimum Gasteiger partial charge on any atom is -0.346 e. The molecule has 3 rings (SSSR count). The largest absolute Gasteiger partial charge is 0.346 e. The lowest BCUT2D eigenvalue weighted by Crippen LogP contribution is -2.36. The van der Waals surface area contributed by atoms with Crippen molar-refractivity contribution in [1.82, 2.24) is 15.3 Å². The van der Waals surface area contributed by atoms with Crippen LogP contribution in [0.15, 0.2) is 24.3 Å². The summed E-state index contributed by atoms with van der Waals surface area (Å²) in [5.41, 5.74) is 1.95. The van der Waals surface area contributed by atoms with E-state index in [0.29, 0.717) is 0 Å². The third-order valence-corrected chi connectivity index (χ3v) is 3.65. The predicted octanol–water partition coefficient (Wildman–Crippen LogP) is 2.54. The van der Waals surface area contributed by atoms with E-state index in [-0.39, 0.29) is 17.9 Å². The lowest BCUT2D eigenvalue weighted by atomic mass is 9.84. The van der Waals surface area contributed by atoms with Gasteiger partial charge >= 0.3 is 0 Å². The fourth-order valence-electron chi connectivity index (χ4n) is 2.25. The van der Waals surface area contributed by atoms with Crippen LogP contribution >= 0.6 is 0 Å². The van der Waals surface area contributed by atoms with Gasteiger partial charge in [0.1, 0.15) is 5.82 Å². The molecule has 1 atom stereocenters. The maximum atomic E-state index is 11.9. The van der Waals surface area contributed by atoms with Crippen LogP contribution in [0.1, 0.15) is 38.1 Å². The molecule has 0 aliphatic heterocycles. The smallest absolute Gasteiger partial charge is 0.223 e. The van der Waals surface area contributed by atoms with Gasteiger partial charge in [-0.3, -0.25) is 4.79 Å². The zero-order valence-corrected chi connectivity index (χ0v) is 10.4. The Labute approximate surface area is 106 Å². The number of nitrogens with one attached hydrogen (secondary N) is 2. The van der Waals surface area contributed by atoms with Gasteiger partial charge in [-0.15, -0.1) is 0 Å². The molecule has 4 heteroatoms. The van der Waals surface area contributed by atoms with Gasteiger partial charge in [-0.2, -0.15) is 0 Å². The number of imidazole rings is 1. The number of benzene rings is 1. The van der Waals surface area contributed by atoms with E-state index in [1.165, 1.54) is 6.42 Å². The molecule has 0 radical (unpaired) electrons. The Hall–Kier alpha value is -1.84. The Kier molecular flexibility index (Phi) is 2.78. The number of para-hydroxylation sites is 2. The molecule has 1 unspecified atom stereocenters. The van der Waals surface area contributed by atoms with Crippen LogP contribution < -0.4 is 5.32 Å². The fraction of sp³-hybridized carbons (Fsp3) is 0.429.